The molecule has 4 rings (SSSR count). The highest BCUT2D eigenvalue weighted by molar-refractivity contribution is 6.10. The lowest BCUT2D eigenvalue weighted by molar-refractivity contribution is -0.199. The van der Waals surface area contributed by atoms with Crippen LogP contribution in [0.2, 0.25) is 0 Å². The second-order valence-electron chi connectivity index (χ2n) is 7.87. The first-order valence-electron chi connectivity index (χ1n) is 11.0. The summed E-state index contributed by atoms with van der Waals surface area (Å²) < 4.78 is 49.5. The molecule has 2 aromatic heterocycles. The number of carbonyl (C=O) groups excluding carboxylic acids is 3. The van der Waals surface area contributed by atoms with Crippen LogP contribution in [0.3, 0.4) is 0 Å². The van der Waals surface area contributed by atoms with Crippen LogP contribution in [0.5, 0.6) is 11.5 Å². The number of hydrogen-bond acceptors (Lipinski definition) is 7. The zero-order valence-corrected chi connectivity index (χ0v) is 20.3. The topological polar surface area (TPSA) is 147 Å². The first-order chi connectivity index (χ1) is 18.5. The Bertz CT molecular complexity index is 1570. The maximum absolute atomic E-state index is 12.9. The van der Waals surface area contributed by atoms with Crippen LogP contribution >= 0.6 is 0 Å². The number of ether oxygens (including phenoxy) is 2. The molecule has 14 heteroatoms. The Labute approximate surface area is 218 Å². The number of carbonyl (C=O) groups is 3. The lowest BCUT2D eigenvalue weighted by Crippen LogP contribution is -2.35. The molecule has 3 amide bonds. The van der Waals surface area contributed by atoms with E-state index in [0.717, 1.165) is 6.20 Å². The highest BCUT2D eigenvalue weighted by Gasteiger charge is 2.43. The third kappa shape index (κ3) is 5.53. The van der Waals surface area contributed by atoms with Crippen molar-refractivity contribution in [2.45, 2.75) is 6.18 Å². The van der Waals surface area contributed by atoms with Gasteiger partial charge in [0, 0.05) is 28.9 Å². The molecule has 0 aliphatic heterocycles. The number of benzene rings is 2. The number of nitrogens with one attached hydrogen (secondary N) is 2. The van der Waals surface area contributed by atoms with Crippen molar-refractivity contribution in [3.05, 3.63) is 66.6 Å². The Morgan fingerprint density at radius 1 is 0.974 bits per heavy atom. The van der Waals surface area contributed by atoms with E-state index in [0.29, 0.717) is 33.2 Å². The van der Waals surface area contributed by atoms with Gasteiger partial charge in [0.1, 0.15) is 17.0 Å². The van der Waals surface area contributed by atoms with Gasteiger partial charge in [0.2, 0.25) is 0 Å². The number of primary amides is 1. The van der Waals surface area contributed by atoms with Crippen LogP contribution in [0.4, 0.5) is 29.3 Å². The number of rotatable bonds is 7. The summed E-state index contributed by atoms with van der Waals surface area (Å²) in [5, 5.41) is 5.53. The fourth-order valence-corrected chi connectivity index (χ4v) is 3.77. The molecular formula is C25H20F3N5O6. The minimum Gasteiger partial charge on any atom is -0.497 e. The Hall–Kier alpha value is -5.27. The van der Waals surface area contributed by atoms with Crippen LogP contribution < -0.4 is 30.7 Å². The number of hydrogen-bond donors (Lipinski definition) is 3. The van der Waals surface area contributed by atoms with Gasteiger partial charge in [-0.1, -0.05) is 12.1 Å². The molecule has 0 radical (unpaired) electrons. The molecule has 0 fully saturated rings. The monoisotopic (exact) mass is 543 g/mol. The number of anilines is 2. The third-order valence-corrected chi connectivity index (χ3v) is 5.45. The largest absolute Gasteiger partial charge is 0.497 e. The van der Waals surface area contributed by atoms with E-state index in [4.69, 9.17) is 15.2 Å². The molecule has 0 aliphatic rings. The van der Waals surface area contributed by atoms with Gasteiger partial charge in [-0.15, -0.1) is 0 Å². The minimum absolute atomic E-state index is 0.0901. The Morgan fingerprint density at radius 3 is 2.31 bits per heavy atom. The zero-order valence-electron chi connectivity index (χ0n) is 20.3. The number of alkyl halides is 3. The molecule has 0 spiro atoms. The van der Waals surface area contributed by atoms with Gasteiger partial charge < -0.3 is 30.7 Å². The molecule has 4 N–H and O–H groups in total. The molecule has 11 nitrogen and oxygen atoms in total. The molecule has 0 saturated carbocycles. The van der Waals surface area contributed by atoms with Crippen molar-refractivity contribution in [2.24, 2.45) is 5.73 Å². The smallest absolute Gasteiger partial charge is 0.493 e. The van der Waals surface area contributed by atoms with E-state index in [1.165, 1.54) is 50.7 Å². The van der Waals surface area contributed by atoms with Crippen molar-refractivity contribution in [1.29, 1.82) is 0 Å². The van der Waals surface area contributed by atoms with Gasteiger partial charge in [-0.3, -0.25) is 9.78 Å². The van der Waals surface area contributed by atoms with E-state index >= 15 is 0 Å². The van der Waals surface area contributed by atoms with E-state index in [9.17, 15) is 27.6 Å². The van der Waals surface area contributed by atoms with Gasteiger partial charge in [-0.25, -0.2) is 9.59 Å². The number of fused-ring (bicyclic) bond motifs is 1. The number of nitrogens with two attached hydrogens (primary N) is 1. The quantitative estimate of drug-likeness (QED) is 0.320. The van der Waals surface area contributed by atoms with Gasteiger partial charge in [-0.2, -0.15) is 17.9 Å². The number of methoxy groups -OCH3 is 2. The van der Waals surface area contributed by atoms with Crippen LogP contribution in [0.1, 0.15) is 10.5 Å². The van der Waals surface area contributed by atoms with Crippen LogP contribution in [-0.4, -0.2) is 48.0 Å². The van der Waals surface area contributed by atoms with Gasteiger partial charge in [-0.05, 0) is 35.9 Å². The summed E-state index contributed by atoms with van der Waals surface area (Å²) in [6.07, 6.45) is -2.85. The van der Waals surface area contributed by atoms with E-state index in [2.05, 4.69) is 20.5 Å². The van der Waals surface area contributed by atoms with Crippen LogP contribution in [0.25, 0.3) is 22.0 Å². The van der Waals surface area contributed by atoms with Crippen LogP contribution in [0.15, 0.2) is 60.9 Å². The van der Waals surface area contributed by atoms with Crippen molar-refractivity contribution < 1.29 is 41.9 Å². The van der Waals surface area contributed by atoms with E-state index < -0.39 is 29.8 Å². The molecule has 4 aromatic rings. The SMILES string of the molecule is COc1ccc(OC)c(NC(=O)Nc2ccc(-c3c(C(N)=O)n(OC(=O)C(F)(F)F)c4cnccc34)cc2)c1. The summed E-state index contributed by atoms with van der Waals surface area (Å²) in [5.74, 6) is -2.80. The first kappa shape index (κ1) is 26.8. The molecule has 0 unspecified atom stereocenters. The number of urea groups is 1. The van der Waals surface area contributed by atoms with Crippen LogP contribution in [-0.2, 0) is 4.79 Å². The van der Waals surface area contributed by atoms with Crippen molar-refractivity contribution >= 4 is 40.2 Å². The Kier molecular flexibility index (Phi) is 7.29. The first-order valence-corrected chi connectivity index (χ1v) is 11.0. The predicted octanol–water partition coefficient (Wildman–Crippen LogP) is 3.98. The van der Waals surface area contributed by atoms with Crippen molar-refractivity contribution in [3.63, 3.8) is 0 Å². The maximum atomic E-state index is 12.9. The Balaban J connectivity index is 1.65. The van der Waals surface area contributed by atoms with E-state index in [1.54, 1.807) is 18.2 Å². The minimum atomic E-state index is -5.32. The zero-order chi connectivity index (χ0) is 28.3. The van der Waals surface area contributed by atoms with Gasteiger partial charge >= 0.3 is 18.2 Å². The summed E-state index contributed by atoms with van der Waals surface area (Å²) in [4.78, 5) is 44.8. The molecule has 0 atom stereocenters. The van der Waals surface area contributed by atoms with Crippen molar-refractivity contribution in [3.8, 4) is 22.6 Å². The molecular weight excluding hydrogens is 523 g/mol. The molecule has 0 saturated heterocycles. The molecule has 39 heavy (non-hydrogen) atoms. The van der Waals surface area contributed by atoms with E-state index in [-0.39, 0.29) is 16.5 Å². The summed E-state index contributed by atoms with van der Waals surface area (Å²) >= 11 is 0. The number of aromatic nitrogens is 2. The number of halogens is 3. The van der Waals surface area contributed by atoms with Gasteiger partial charge in [0.15, 0.2) is 5.69 Å². The van der Waals surface area contributed by atoms with Crippen molar-refractivity contribution in [2.75, 3.05) is 24.9 Å². The molecule has 0 aliphatic carbocycles. The average molecular weight is 543 g/mol. The Morgan fingerprint density at radius 2 is 1.69 bits per heavy atom. The summed E-state index contributed by atoms with van der Waals surface area (Å²) in [6, 6.07) is 11.7. The van der Waals surface area contributed by atoms with Crippen molar-refractivity contribution in [1.82, 2.24) is 9.71 Å². The highest BCUT2D eigenvalue weighted by Crippen LogP contribution is 2.35. The lowest BCUT2D eigenvalue weighted by atomic mass is 10.0. The lowest BCUT2D eigenvalue weighted by Gasteiger charge is -2.13. The summed E-state index contributed by atoms with van der Waals surface area (Å²) in [6.45, 7) is 0. The number of pyridine rings is 1. The average Bonchev–Trinajstić information content (AvgIpc) is 3.23. The number of amides is 3. The fraction of sp³-hybridized carbons (Fsp3) is 0.120. The van der Waals surface area contributed by atoms with E-state index in [1.807, 2.05) is 0 Å². The second kappa shape index (κ2) is 10.6. The highest BCUT2D eigenvalue weighted by atomic mass is 19.4. The van der Waals surface area contributed by atoms with Gasteiger partial charge in [0.05, 0.1) is 26.1 Å². The standard InChI is InChI=1S/C25H20F3N5O6/c1-37-15-7-8-19(38-2)17(11-15)32-24(36)31-14-5-3-13(4-6-14)20-16-9-10-30-12-18(16)33(21(20)22(29)34)39-23(35)25(26,27)28/h3-12H,1-2H3,(H2,29,34)(H2,31,32,36). The number of nitrogens with zero attached hydrogens (tertiary/aromatic N) is 2. The normalized spacial score (nSPS) is 11.1. The molecule has 2 heterocycles. The second-order valence-corrected chi connectivity index (χ2v) is 7.87. The fourth-order valence-electron chi connectivity index (χ4n) is 3.77. The molecule has 202 valence electrons. The summed E-state index contributed by atoms with van der Waals surface area (Å²) in [7, 11) is 2.92. The van der Waals surface area contributed by atoms with Crippen LogP contribution in [0, 0.1) is 0 Å². The third-order valence-electron chi connectivity index (χ3n) is 5.45. The molecule has 2 aromatic carbocycles. The molecule has 0 bridgehead atoms. The maximum Gasteiger partial charge on any atom is 0.493 e. The summed E-state index contributed by atoms with van der Waals surface area (Å²) in [5.41, 5.74) is 6.02. The van der Waals surface area contributed by atoms with Gasteiger partial charge in [0.25, 0.3) is 5.91 Å². The predicted molar refractivity (Wildman–Crippen MR) is 134 cm³/mol.